The van der Waals surface area contributed by atoms with Crippen molar-refractivity contribution in [1.82, 2.24) is 19.5 Å². The predicted octanol–water partition coefficient (Wildman–Crippen LogP) is -2.01. The molecule has 0 amide bonds. The van der Waals surface area contributed by atoms with Gasteiger partial charge in [0.25, 0.3) is 0 Å². The average Bonchev–Trinajstić information content (AvgIpc) is 3.07. The van der Waals surface area contributed by atoms with Gasteiger partial charge in [0, 0.05) is 0 Å². The summed E-state index contributed by atoms with van der Waals surface area (Å²) in [5.41, 5.74) is 6.10. The van der Waals surface area contributed by atoms with Crippen LogP contribution in [-0.4, -0.2) is 84.2 Å². The Kier molecular flexibility index (Phi) is 5.86. The molecule has 0 spiro atoms. The second-order valence-electron chi connectivity index (χ2n) is 5.49. The predicted molar refractivity (Wildman–Crippen MR) is 89.6 cm³/mol. The number of phosphoric acid groups is 1. The molecule has 0 bridgehead atoms. The van der Waals surface area contributed by atoms with Crippen molar-refractivity contribution >= 4 is 46.1 Å². The van der Waals surface area contributed by atoms with Crippen LogP contribution in [0.2, 0.25) is 0 Å². The molecule has 17 heteroatoms. The molecule has 3 rings (SSSR count). The third-order valence-corrected chi connectivity index (χ3v) is 5.31. The van der Waals surface area contributed by atoms with Crippen LogP contribution in [0.15, 0.2) is 12.7 Å². The van der Waals surface area contributed by atoms with E-state index in [1.165, 1.54) is 10.9 Å². The summed E-state index contributed by atoms with van der Waals surface area (Å²) in [7, 11) is -5.01. The molecule has 14 nitrogen and oxygen atoms in total. The maximum absolute atomic E-state index is 11.3. The van der Waals surface area contributed by atoms with Crippen molar-refractivity contribution in [3.8, 4) is 0 Å². The van der Waals surface area contributed by atoms with Crippen LogP contribution in [0.4, 0.5) is 5.82 Å². The Bertz CT molecular complexity index is 931. The fraction of sp³-hybridized carbons (Fsp3) is 0.500. The Morgan fingerprint density at radius 1 is 1.30 bits per heavy atom. The van der Waals surface area contributed by atoms with Gasteiger partial charge in [0.1, 0.15) is 0 Å². The SMILES string of the molecule is Nc1ncnc2c1ncn2[C@@H]1O[C@H](COP(O)(O)=[Se])[C@@H](O)[C@H]1OP(=O)(O)O. The number of nitrogens with zero attached hydrogens (tertiary/aromatic N) is 4. The van der Waals surface area contributed by atoms with Crippen molar-refractivity contribution in [2.24, 2.45) is 0 Å². The van der Waals surface area contributed by atoms with E-state index in [9.17, 15) is 19.5 Å². The summed E-state index contributed by atoms with van der Waals surface area (Å²) < 4.78 is 27.6. The Morgan fingerprint density at radius 2 is 2.00 bits per heavy atom. The molecule has 1 saturated heterocycles. The summed E-state index contributed by atoms with van der Waals surface area (Å²) in [6.45, 7) is -0.490. The summed E-state index contributed by atoms with van der Waals surface area (Å²) in [5.74, 6) is 0.0706. The third-order valence-electron chi connectivity index (χ3n) is 3.64. The van der Waals surface area contributed by atoms with Crippen molar-refractivity contribution in [3.63, 3.8) is 0 Å². The molecule has 150 valence electrons. The number of aliphatic hydroxyl groups excluding tert-OH is 1. The van der Waals surface area contributed by atoms with Crippen molar-refractivity contribution in [3.05, 3.63) is 12.7 Å². The minimum absolute atomic E-state index is 0.0706. The molecule has 0 unspecified atom stereocenters. The number of ether oxygens (including phenoxy) is 1. The van der Waals surface area contributed by atoms with Crippen LogP contribution in [0.25, 0.3) is 11.2 Å². The van der Waals surface area contributed by atoms with Gasteiger partial charge in [-0.25, -0.2) is 0 Å². The van der Waals surface area contributed by atoms with Crippen molar-refractivity contribution in [1.29, 1.82) is 0 Å². The van der Waals surface area contributed by atoms with Crippen molar-refractivity contribution in [2.45, 2.75) is 24.5 Å². The summed E-state index contributed by atoms with van der Waals surface area (Å²) in [6, 6.07) is 0. The molecule has 0 radical (unpaired) electrons. The molecule has 3 heterocycles. The van der Waals surface area contributed by atoms with Crippen LogP contribution in [0.3, 0.4) is 0 Å². The second-order valence-corrected chi connectivity index (χ2v) is 10.9. The molecular weight excluding hydrogens is 475 g/mol. The van der Waals surface area contributed by atoms with E-state index in [2.05, 4.69) is 19.5 Å². The zero-order chi connectivity index (χ0) is 20.0. The molecule has 1 aliphatic heterocycles. The van der Waals surface area contributed by atoms with Gasteiger partial charge in [-0.1, -0.05) is 0 Å². The van der Waals surface area contributed by atoms with Gasteiger partial charge in [-0.2, -0.15) is 0 Å². The van der Waals surface area contributed by atoms with E-state index in [1.54, 1.807) is 0 Å². The van der Waals surface area contributed by atoms with E-state index in [0.717, 1.165) is 6.33 Å². The van der Waals surface area contributed by atoms with Gasteiger partial charge in [0.15, 0.2) is 0 Å². The van der Waals surface area contributed by atoms with Crippen LogP contribution in [0, 0.1) is 0 Å². The molecule has 1 aliphatic rings. The third kappa shape index (κ3) is 4.80. The van der Waals surface area contributed by atoms with Crippen LogP contribution in [-0.2, 0) is 18.3 Å². The maximum atomic E-state index is 11.3. The van der Waals surface area contributed by atoms with Gasteiger partial charge in [0.2, 0.25) is 0 Å². The number of nitrogen functional groups attached to an aromatic ring is 1. The minimum atomic E-state index is -5.01. The van der Waals surface area contributed by atoms with Gasteiger partial charge in [-0.05, 0) is 0 Å². The zero-order valence-corrected chi connectivity index (χ0v) is 16.7. The number of hydrogen-bond donors (Lipinski definition) is 6. The number of anilines is 1. The Morgan fingerprint density at radius 3 is 2.63 bits per heavy atom. The number of hydrogen-bond acceptors (Lipinski definition) is 11. The van der Waals surface area contributed by atoms with Gasteiger partial charge in [-0.3, -0.25) is 0 Å². The molecule has 27 heavy (non-hydrogen) atoms. The number of rotatable bonds is 6. The molecule has 0 aliphatic carbocycles. The normalized spacial score (nSPS) is 26.7. The first-order valence-electron chi connectivity index (χ1n) is 7.17. The fourth-order valence-electron chi connectivity index (χ4n) is 2.58. The van der Waals surface area contributed by atoms with Crippen LogP contribution in [0.1, 0.15) is 6.23 Å². The first kappa shape index (κ1) is 20.9. The average molecular weight is 490 g/mol. The number of aromatic nitrogens is 4. The molecule has 0 saturated carbocycles. The molecule has 7 N–H and O–H groups in total. The number of nitrogens with two attached hydrogens (primary N) is 1. The zero-order valence-electron chi connectivity index (χ0n) is 13.2. The number of aliphatic hydroxyl groups is 1. The Balaban J connectivity index is 1.95. The summed E-state index contributed by atoms with van der Waals surface area (Å²) in [5, 5.41) is 10.4. The monoisotopic (exact) mass is 491 g/mol. The Labute approximate surface area is 158 Å². The van der Waals surface area contributed by atoms with Gasteiger partial charge < -0.3 is 0 Å². The van der Waals surface area contributed by atoms with Gasteiger partial charge >= 0.3 is 158 Å². The number of imidazole rings is 1. The van der Waals surface area contributed by atoms with Crippen molar-refractivity contribution < 1.29 is 43.0 Å². The molecule has 2 aromatic heterocycles. The molecule has 1 fully saturated rings. The van der Waals surface area contributed by atoms with E-state index >= 15 is 0 Å². The summed E-state index contributed by atoms with van der Waals surface area (Å²) >= 11 is 2.03. The van der Waals surface area contributed by atoms with Crippen LogP contribution in [0.5, 0.6) is 0 Å². The van der Waals surface area contributed by atoms with Crippen LogP contribution < -0.4 is 5.73 Å². The Hall–Kier alpha value is -0.791. The molecular formula is C10H15N5O9P2Se. The van der Waals surface area contributed by atoms with Crippen LogP contribution >= 0.6 is 14.0 Å². The molecule has 0 aromatic carbocycles. The van der Waals surface area contributed by atoms with E-state index in [-0.39, 0.29) is 17.0 Å². The summed E-state index contributed by atoms with van der Waals surface area (Å²) in [6.07, 6.45) is -6.95. The van der Waals surface area contributed by atoms with Gasteiger partial charge in [0.05, 0.1) is 0 Å². The quantitative estimate of drug-likeness (QED) is 0.191. The first-order chi connectivity index (χ1) is 12.5. The standard InChI is InChI=1S/C10H15N5O9P2Se/c11-8-5-9(13-2-12-8)15(3-14-5)10-7(24-25(17,18)19)6(16)4(23-10)1-22-26(20,21)27/h2-4,6-7,10,16H,1H2,(H2,11,12,13)(H2,17,18,19)(H2,20,21,27)/t4-,6-,7-,10-/m1/s1. The number of fused-ring (bicyclic) bond motifs is 1. The van der Waals surface area contributed by atoms with Crippen molar-refractivity contribution in [2.75, 3.05) is 12.3 Å². The van der Waals surface area contributed by atoms with E-state index in [1.807, 2.05) is 15.1 Å². The number of phosphoric ester groups is 1. The second kappa shape index (κ2) is 7.56. The molecule has 2 aromatic rings. The van der Waals surface area contributed by atoms with E-state index < -0.39 is 45.2 Å². The first-order valence-corrected chi connectivity index (χ1v) is 12.5. The summed E-state index contributed by atoms with van der Waals surface area (Å²) in [4.78, 5) is 48.7. The molecule has 4 atom stereocenters. The fourth-order valence-corrected chi connectivity index (χ4v) is 3.85. The topological polar surface area (TPSA) is 216 Å². The van der Waals surface area contributed by atoms with E-state index in [4.69, 9.17) is 24.8 Å². The van der Waals surface area contributed by atoms with Gasteiger partial charge in [-0.15, -0.1) is 0 Å². The van der Waals surface area contributed by atoms with E-state index in [0.29, 0.717) is 0 Å².